The zero-order valence-corrected chi connectivity index (χ0v) is 20.7. The van der Waals surface area contributed by atoms with Crippen molar-refractivity contribution in [1.29, 1.82) is 0 Å². The summed E-state index contributed by atoms with van der Waals surface area (Å²) in [7, 11) is 5.45. The first kappa shape index (κ1) is 24.7. The topological polar surface area (TPSA) is 83.0 Å². The van der Waals surface area contributed by atoms with Crippen LogP contribution in [0.5, 0.6) is 5.75 Å². The van der Waals surface area contributed by atoms with Gasteiger partial charge in [-0.05, 0) is 54.1 Å². The van der Waals surface area contributed by atoms with Gasteiger partial charge in [-0.15, -0.1) is 0 Å². The van der Waals surface area contributed by atoms with Gasteiger partial charge < -0.3 is 15.0 Å². The fourth-order valence-corrected chi connectivity index (χ4v) is 3.38. The molecule has 0 saturated carbocycles. The Morgan fingerprint density at radius 1 is 1.00 bits per heavy atom. The number of benzene rings is 3. The molecule has 3 rings (SSSR count). The zero-order valence-electron chi connectivity index (χ0n) is 19.1. The summed E-state index contributed by atoms with van der Waals surface area (Å²) < 4.78 is 6.16. The SMILES string of the molecule is COc1ccc(Br)cc1/C=N\NC(=O)/C(=C/c1ccc(N(C)C)cc1)NC(=O)c1ccccc1. The number of rotatable bonds is 8. The third-order valence-electron chi connectivity index (χ3n) is 4.81. The summed E-state index contributed by atoms with van der Waals surface area (Å²) in [6.07, 6.45) is 3.08. The highest BCUT2D eigenvalue weighted by molar-refractivity contribution is 9.10. The smallest absolute Gasteiger partial charge is 0.287 e. The molecular formula is C26H25BrN4O3. The Kier molecular flexibility index (Phi) is 8.59. The minimum absolute atomic E-state index is 0.0600. The van der Waals surface area contributed by atoms with Crippen LogP contribution in [0.2, 0.25) is 0 Å². The van der Waals surface area contributed by atoms with E-state index < -0.39 is 11.8 Å². The minimum atomic E-state index is -0.564. The summed E-state index contributed by atoms with van der Waals surface area (Å²) in [4.78, 5) is 27.6. The van der Waals surface area contributed by atoms with Gasteiger partial charge in [0, 0.05) is 35.4 Å². The molecule has 0 fully saturated rings. The average Bonchev–Trinajstić information content (AvgIpc) is 2.84. The van der Waals surface area contributed by atoms with Gasteiger partial charge in [0.1, 0.15) is 11.4 Å². The van der Waals surface area contributed by atoms with Crippen molar-refractivity contribution < 1.29 is 14.3 Å². The highest BCUT2D eigenvalue weighted by Crippen LogP contribution is 2.21. The molecule has 2 N–H and O–H groups in total. The van der Waals surface area contributed by atoms with E-state index in [1.165, 1.54) is 6.21 Å². The normalized spacial score (nSPS) is 11.2. The molecule has 3 aromatic carbocycles. The number of hydrogen-bond donors (Lipinski definition) is 2. The third-order valence-corrected chi connectivity index (χ3v) is 5.30. The average molecular weight is 521 g/mol. The molecule has 0 aromatic heterocycles. The van der Waals surface area contributed by atoms with Crippen molar-refractivity contribution in [3.63, 3.8) is 0 Å². The van der Waals surface area contributed by atoms with Crippen LogP contribution in [0.3, 0.4) is 0 Å². The molecule has 0 spiro atoms. The van der Waals surface area contributed by atoms with Gasteiger partial charge in [-0.1, -0.05) is 46.3 Å². The number of anilines is 1. The summed E-state index contributed by atoms with van der Waals surface area (Å²) in [6, 6.07) is 21.7. The van der Waals surface area contributed by atoms with Gasteiger partial charge in [-0.25, -0.2) is 5.43 Å². The van der Waals surface area contributed by atoms with Crippen LogP contribution in [0.25, 0.3) is 6.08 Å². The van der Waals surface area contributed by atoms with E-state index in [0.29, 0.717) is 16.9 Å². The Hall–Kier alpha value is -3.91. The van der Waals surface area contributed by atoms with E-state index >= 15 is 0 Å². The van der Waals surface area contributed by atoms with E-state index in [0.717, 1.165) is 15.7 Å². The summed E-state index contributed by atoms with van der Waals surface area (Å²) in [6.45, 7) is 0. The first-order valence-electron chi connectivity index (χ1n) is 10.4. The first-order valence-corrected chi connectivity index (χ1v) is 11.2. The van der Waals surface area contributed by atoms with E-state index in [2.05, 4.69) is 31.8 Å². The molecule has 0 aliphatic rings. The lowest BCUT2D eigenvalue weighted by atomic mass is 10.1. The van der Waals surface area contributed by atoms with Crippen LogP contribution in [0, 0.1) is 0 Å². The van der Waals surface area contributed by atoms with Crippen molar-refractivity contribution in [2.75, 3.05) is 26.1 Å². The van der Waals surface area contributed by atoms with Gasteiger partial charge in [0.2, 0.25) is 0 Å². The van der Waals surface area contributed by atoms with E-state index in [1.807, 2.05) is 61.5 Å². The van der Waals surface area contributed by atoms with E-state index in [-0.39, 0.29) is 5.70 Å². The zero-order chi connectivity index (χ0) is 24.5. The Morgan fingerprint density at radius 3 is 2.35 bits per heavy atom. The van der Waals surface area contributed by atoms with Crippen LogP contribution in [-0.4, -0.2) is 39.2 Å². The number of nitrogens with zero attached hydrogens (tertiary/aromatic N) is 2. The molecule has 174 valence electrons. The second-order valence-electron chi connectivity index (χ2n) is 7.45. The number of carbonyl (C=O) groups excluding carboxylic acids is 2. The molecule has 2 amide bonds. The third kappa shape index (κ3) is 6.79. The Bertz CT molecular complexity index is 1210. The maximum absolute atomic E-state index is 12.9. The number of carbonyl (C=O) groups is 2. The summed E-state index contributed by atoms with van der Waals surface area (Å²) >= 11 is 3.41. The minimum Gasteiger partial charge on any atom is -0.496 e. The van der Waals surface area contributed by atoms with Crippen LogP contribution in [0.4, 0.5) is 5.69 Å². The number of amides is 2. The van der Waals surface area contributed by atoms with Crippen LogP contribution in [0.1, 0.15) is 21.5 Å². The maximum atomic E-state index is 12.9. The van der Waals surface area contributed by atoms with Crippen molar-refractivity contribution in [3.05, 3.63) is 99.7 Å². The second-order valence-corrected chi connectivity index (χ2v) is 8.37. The number of halogens is 1. The molecule has 8 heteroatoms. The predicted octanol–water partition coefficient (Wildman–Crippen LogP) is 4.44. The largest absolute Gasteiger partial charge is 0.496 e. The lowest BCUT2D eigenvalue weighted by molar-refractivity contribution is -0.117. The Morgan fingerprint density at radius 2 is 1.71 bits per heavy atom. The molecule has 0 radical (unpaired) electrons. The monoisotopic (exact) mass is 520 g/mol. The van der Waals surface area contributed by atoms with Gasteiger partial charge in [0.15, 0.2) is 0 Å². The second kappa shape index (κ2) is 11.8. The van der Waals surface area contributed by atoms with Crippen LogP contribution >= 0.6 is 15.9 Å². The lowest BCUT2D eigenvalue weighted by Gasteiger charge is -2.12. The lowest BCUT2D eigenvalue weighted by Crippen LogP contribution is -2.32. The van der Waals surface area contributed by atoms with Crippen LogP contribution in [-0.2, 0) is 4.79 Å². The van der Waals surface area contributed by atoms with Crippen LogP contribution < -0.4 is 20.4 Å². The number of ether oxygens (including phenoxy) is 1. The number of methoxy groups -OCH3 is 1. The number of nitrogens with one attached hydrogen (secondary N) is 2. The fraction of sp³-hybridized carbons (Fsp3) is 0.115. The molecule has 3 aromatic rings. The molecule has 0 atom stereocenters. The molecule has 34 heavy (non-hydrogen) atoms. The molecule has 0 heterocycles. The molecule has 0 unspecified atom stereocenters. The molecule has 0 bridgehead atoms. The fourth-order valence-electron chi connectivity index (χ4n) is 3.00. The first-order chi connectivity index (χ1) is 16.4. The van der Waals surface area contributed by atoms with Gasteiger partial charge in [0.05, 0.1) is 13.3 Å². The molecule has 0 aliphatic heterocycles. The maximum Gasteiger partial charge on any atom is 0.287 e. The van der Waals surface area contributed by atoms with E-state index in [9.17, 15) is 9.59 Å². The molecule has 0 aliphatic carbocycles. The Labute approximate surface area is 207 Å². The quantitative estimate of drug-likeness (QED) is 0.261. The van der Waals surface area contributed by atoms with Crippen molar-refractivity contribution in [2.24, 2.45) is 5.10 Å². The molecular weight excluding hydrogens is 496 g/mol. The van der Waals surface area contributed by atoms with Gasteiger partial charge in [-0.3, -0.25) is 9.59 Å². The number of hydrazone groups is 1. The van der Waals surface area contributed by atoms with Gasteiger partial charge in [0.25, 0.3) is 11.8 Å². The highest BCUT2D eigenvalue weighted by Gasteiger charge is 2.14. The van der Waals surface area contributed by atoms with Gasteiger partial charge >= 0.3 is 0 Å². The van der Waals surface area contributed by atoms with Crippen molar-refractivity contribution in [2.45, 2.75) is 0 Å². The van der Waals surface area contributed by atoms with Crippen molar-refractivity contribution >= 4 is 45.7 Å². The van der Waals surface area contributed by atoms with Gasteiger partial charge in [-0.2, -0.15) is 5.10 Å². The van der Waals surface area contributed by atoms with E-state index in [4.69, 9.17) is 4.74 Å². The standard InChI is InChI=1S/C26H25BrN4O3/c1-31(2)22-12-9-18(10-13-22)15-23(29-25(32)19-7-5-4-6-8-19)26(33)30-28-17-20-16-21(27)11-14-24(20)34-3/h4-17H,1-3H3,(H,29,32)(H,30,33)/b23-15-,28-17-. The molecule has 0 saturated heterocycles. The van der Waals surface area contributed by atoms with Crippen LogP contribution in [0.15, 0.2) is 88.1 Å². The van der Waals surface area contributed by atoms with E-state index in [1.54, 1.807) is 43.5 Å². The summed E-state index contributed by atoms with van der Waals surface area (Å²) in [5.74, 6) is -0.356. The highest BCUT2D eigenvalue weighted by atomic mass is 79.9. The number of hydrogen-bond acceptors (Lipinski definition) is 5. The van der Waals surface area contributed by atoms with Crippen molar-refractivity contribution in [1.82, 2.24) is 10.7 Å². The van der Waals surface area contributed by atoms with Crippen molar-refractivity contribution in [3.8, 4) is 5.75 Å². The summed E-state index contributed by atoms with van der Waals surface area (Å²) in [5, 5.41) is 6.74. The molecule has 7 nitrogen and oxygen atoms in total. The predicted molar refractivity (Wildman–Crippen MR) is 139 cm³/mol. The Balaban J connectivity index is 1.84. The summed E-state index contributed by atoms with van der Waals surface area (Å²) in [5.41, 5.74) is 5.42.